The lowest BCUT2D eigenvalue weighted by atomic mass is 10.0. The molecule has 11 heteroatoms. The predicted molar refractivity (Wildman–Crippen MR) is 112 cm³/mol. The molecule has 0 saturated carbocycles. The van der Waals surface area contributed by atoms with Crippen molar-refractivity contribution in [2.24, 2.45) is 0 Å². The van der Waals surface area contributed by atoms with Gasteiger partial charge in [0.25, 0.3) is 0 Å². The van der Waals surface area contributed by atoms with Crippen LogP contribution in [0.25, 0.3) is 10.9 Å². The maximum atomic E-state index is 12.2. The third-order valence-electron chi connectivity index (χ3n) is 4.40. The molecule has 11 nitrogen and oxygen atoms in total. The Bertz CT molecular complexity index is 941. The van der Waals surface area contributed by atoms with Crippen molar-refractivity contribution < 1.29 is 43.2 Å². The highest BCUT2D eigenvalue weighted by Crippen LogP contribution is 2.32. The van der Waals surface area contributed by atoms with Crippen LogP contribution < -0.4 is 10.1 Å². The maximum absolute atomic E-state index is 12.2. The predicted octanol–water partition coefficient (Wildman–Crippen LogP) is 1.40. The van der Waals surface area contributed by atoms with E-state index in [4.69, 9.17) is 18.9 Å². The molecule has 3 N–H and O–H groups in total. The number of carbonyl (C=O) groups is 3. The molecule has 1 heterocycles. The van der Waals surface area contributed by atoms with Gasteiger partial charge < -0.3 is 39.1 Å². The molecule has 0 radical (unpaired) electrons. The number of rotatable bonds is 12. The number of aromatic amines is 1. The van der Waals surface area contributed by atoms with Gasteiger partial charge in [-0.2, -0.15) is 0 Å². The van der Waals surface area contributed by atoms with E-state index < -0.39 is 24.0 Å². The summed E-state index contributed by atoms with van der Waals surface area (Å²) in [5.41, 5.74) is 0.948. The molecule has 0 spiro atoms. The van der Waals surface area contributed by atoms with Gasteiger partial charge in [0.2, 0.25) is 0 Å². The molecule has 0 aliphatic rings. The van der Waals surface area contributed by atoms with Crippen LogP contribution in [0, 0.1) is 0 Å². The monoisotopic (exact) mass is 452 g/mol. The lowest BCUT2D eigenvalue weighted by Gasteiger charge is -2.18. The van der Waals surface area contributed by atoms with Crippen molar-refractivity contribution in [3.05, 3.63) is 29.5 Å². The van der Waals surface area contributed by atoms with Gasteiger partial charge in [0, 0.05) is 39.1 Å². The number of methoxy groups -OCH3 is 2. The van der Waals surface area contributed by atoms with E-state index in [1.807, 2.05) is 0 Å². The highest BCUT2D eigenvalue weighted by atomic mass is 16.7. The molecule has 0 saturated heterocycles. The molecule has 0 fully saturated rings. The molecule has 1 aromatic heterocycles. The highest BCUT2D eigenvalue weighted by molar-refractivity contribution is 5.98. The standard InChI is InChI=1S/C21H28N2O9/c1-12(7-19(26)30-10-28-3)22-9-17(25)14-5-6-18(32-13(2)24)20-15(14)8-16(23-20)21(27)31-11-29-4/h5-6,8,12,17,22-23,25H,7,9-11H2,1-4H3. The number of aliphatic hydroxyl groups excluding tert-OH is 1. The summed E-state index contributed by atoms with van der Waals surface area (Å²) in [7, 11) is 2.81. The molecule has 176 valence electrons. The lowest BCUT2D eigenvalue weighted by molar-refractivity contribution is -0.154. The van der Waals surface area contributed by atoms with Gasteiger partial charge in [0.15, 0.2) is 19.3 Å². The second-order valence-electron chi connectivity index (χ2n) is 7.01. The Hall–Kier alpha value is -2.99. The van der Waals surface area contributed by atoms with E-state index in [9.17, 15) is 19.5 Å². The summed E-state index contributed by atoms with van der Waals surface area (Å²) in [5, 5.41) is 14.3. The lowest BCUT2D eigenvalue weighted by Crippen LogP contribution is -2.32. The van der Waals surface area contributed by atoms with Crippen LogP contribution in [0.2, 0.25) is 0 Å². The molecule has 0 aliphatic heterocycles. The molecule has 2 rings (SSSR count). The second kappa shape index (κ2) is 12.2. The number of hydrogen-bond donors (Lipinski definition) is 3. The molecule has 0 aliphatic carbocycles. The number of benzene rings is 1. The molecule has 2 aromatic rings. The number of carbonyl (C=O) groups excluding carboxylic acids is 3. The summed E-state index contributed by atoms with van der Waals surface area (Å²) in [4.78, 5) is 38.2. The summed E-state index contributed by atoms with van der Waals surface area (Å²) in [6, 6.07) is 4.36. The average molecular weight is 452 g/mol. The van der Waals surface area contributed by atoms with Gasteiger partial charge >= 0.3 is 17.9 Å². The van der Waals surface area contributed by atoms with Gasteiger partial charge in [0.05, 0.1) is 18.0 Å². The summed E-state index contributed by atoms with van der Waals surface area (Å²) in [5.74, 6) is -1.43. The Balaban J connectivity index is 2.20. The second-order valence-corrected chi connectivity index (χ2v) is 7.01. The van der Waals surface area contributed by atoms with Crippen molar-refractivity contribution >= 4 is 28.8 Å². The Kier molecular flexibility index (Phi) is 9.60. The van der Waals surface area contributed by atoms with E-state index in [1.54, 1.807) is 13.0 Å². The summed E-state index contributed by atoms with van der Waals surface area (Å²) in [6.45, 7) is 2.81. The van der Waals surface area contributed by atoms with Crippen LogP contribution in [0.15, 0.2) is 18.2 Å². The quantitative estimate of drug-likeness (QED) is 0.245. The number of hydrogen-bond acceptors (Lipinski definition) is 10. The van der Waals surface area contributed by atoms with Crippen LogP contribution >= 0.6 is 0 Å². The zero-order chi connectivity index (χ0) is 23.7. The van der Waals surface area contributed by atoms with Crippen LogP contribution in [0.3, 0.4) is 0 Å². The van der Waals surface area contributed by atoms with E-state index in [-0.39, 0.29) is 44.0 Å². The van der Waals surface area contributed by atoms with Gasteiger partial charge in [-0.05, 0) is 24.6 Å². The summed E-state index contributed by atoms with van der Waals surface area (Å²) in [6.07, 6.45) is -0.892. The number of nitrogens with one attached hydrogen (secondary N) is 2. The summed E-state index contributed by atoms with van der Waals surface area (Å²) >= 11 is 0. The first-order valence-electron chi connectivity index (χ1n) is 9.82. The van der Waals surface area contributed by atoms with Gasteiger partial charge in [-0.3, -0.25) is 9.59 Å². The van der Waals surface area contributed by atoms with E-state index in [0.717, 1.165) is 0 Å². The van der Waals surface area contributed by atoms with Gasteiger partial charge in [-0.25, -0.2) is 4.79 Å². The van der Waals surface area contributed by atoms with Gasteiger partial charge in [-0.15, -0.1) is 0 Å². The van der Waals surface area contributed by atoms with Gasteiger partial charge in [-0.1, -0.05) is 6.07 Å². The van der Waals surface area contributed by atoms with Gasteiger partial charge in [0.1, 0.15) is 5.69 Å². The molecule has 0 amide bonds. The maximum Gasteiger partial charge on any atom is 0.356 e. The Morgan fingerprint density at radius 1 is 1.12 bits per heavy atom. The molecular formula is C21H28N2O9. The van der Waals surface area contributed by atoms with E-state index in [1.165, 1.54) is 33.3 Å². The number of fused-ring (bicyclic) bond motifs is 1. The minimum Gasteiger partial charge on any atom is -0.438 e. The Labute approximate surface area is 184 Å². The van der Waals surface area contributed by atoms with Crippen molar-refractivity contribution in [3.8, 4) is 5.75 Å². The third-order valence-corrected chi connectivity index (χ3v) is 4.40. The zero-order valence-electron chi connectivity index (χ0n) is 18.4. The molecule has 1 aromatic carbocycles. The first kappa shape index (κ1) is 25.3. The van der Waals surface area contributed by atoms with Crippen LogP contribution in [0.4, 0.5) is 0 Å². The molecule has 2 unspecified atom stereocenters. The first-order valence-corrected chi connectivity index (χ1v) is 9.82. The zero-order valence-corrected chi connectivity index (χ0v) is 18.4. The average Bonchev–Trinajstić information content (AvgIpc) is 3.20. The van der Waals surface area contributed by atoms with Crippen molar-refractivity contribution in [2.45, 2.75) is 32.4 Å². The van der Waals surface area contributed by atoms with Crippen LogP contribution in [0.1, 0.15) is 42.4 Å². The van der Waals surface area contributed by atoms with Crippen LogP contribution in [0.5, 0.6) is 5.75 Å². The minimum absolute atomic E-state index is 0.0938. The number of H-pyrrole nitrogens is 1. The van der Waals surface area contributed by atoms with Crippen molar-refractivity contribution in [2.75, 3.05) is 34.4 Å². The van der Waals surface area contributed by atoms with Crippen molar-refractivity contribution in [1.29, 1.82) is 0 Å². The van der Waals surface area contributed by atoms with Crippen LogP contribution in [-0.2, 0) is 28.5 Å². The minimum atomic E-state index is -0.986. The number of aliphatic hydroxyl groups is 1. The highest BCUT2D eigenvalue weighted by Gasteiger charge is 2.21. The Morgan fingerprint density at radius 2 is 1.81 bits per heavy atom. The van der Waals surface area contributed by atoms with E-state index >= 15 is 0 Å². The van der Waals surface area contributed by atoms with Crippen LogP contribution in [-0.4, -0.2) is 68.4 Å². The molecule has 0 bridgehead atoms. The third kappa shape index (κ3) is 7.02. The van der Waals surface area contributed by atoms with E-state index in [2.05, 4.69) is 15.0 Å². The fourth-order valence-electron chi connectivity index (χ4n) is 2.97. The van der Waals surface area contributed by atoms with Crippen molar-refractivity contribution in [3.63, 3.8) is 0 Å². The largest absolute Gasteiger partial charge is 0.438 e. The number of esters is 3. The molecule has 2 atom stereocenters. The topological polar surface area (TPSA) is 145 Å². The normalized spacial score (nSPS) is 12.9. The number of ether oxygens (including phenoxy) is 5. The van der Waals surface area contributed by atoms with E-state index in [0.29, 0.717) is 16.5 Å². The SMILES string of the molecule is COCOC(=O)CC(C)NCC(O)c1ccc(OC(C)=O)c2[nH]c(C(=O)OCOC)cc12. The van der Waals surface area contributed by atoms with Crippen molar-refractivity contribution in [1.82, 2.24) is 10.3 Å². The fourth-order valence-corrected chi connectivity index (χ4v) is 2.97. The molecular weight excluding hydrogens is 424 g/mol. The smallest absolute Gasteiger partial charge is 0.356 e. The molecule has 32 heavy (non-hydrogen) atoms. The Morgan fingerprint density at radius 3 is 2.47 bits per heavy atom. The number of aromatic nitrogens is 1. The summed E-state index contributed by atoms with van der Waals surface area (Å²) < 4.78 is 24.4. The fraction of sp³-hybridized carbons (Fsp3) is 0.476. The first-order chi connectivity index (χ1) is 15.3.